The van der Waals surface area contributed by atoms with Gasteiger partial charge in [0.1, 0.15) is 11.7 Å². The Morgan fingerprint density at radius 1 is 1.23 bits per heavy atom. The molecule has 0 saturated carbocycles. The summed E-state index contributed by atoms with van der Waals surface area (Å²) in [6.45, 7) is 5.61. The number of aliphatic imine (C=N–C) groups is 2. The zero-order chi connectivity index (χ0) is 18.3. The van der Waals surface area contributed by atoms with Gasteiger partial charge in [0.2, 0.25) is 0 Å². The van der Waals surface area contributed by atoms with Crippen LogP contribution in [0.1, 0.15) is 12.1 Å². The molecule has 4 rings (SSSR count). The second-order valence-electron chi connectivity index (χ2n) is 6.87. The van der Waals surface area contributed by atoms with Crippen LogP contribution in [0.5, 0.6) is 5.75 Å². The highest BCUT2D eigenvalue weighted by Crippen LogP contribution is 2.28. The van der Waals surface area contributed by atoms with Gasteiger partial charge in [-0.2, -0.15) is 0 Å². The smallest absolute Gasteiger partial charge is 0.291 e. The maximum atomic E-state index is 14.7. The minimum atomic E-state index is -0.856. The van der Waals surface area contributed by atoms with E-state index in [0.29, 0.717) is 17.6 Å². The van der Waals surface area contributed by atoms with Gasteiger partial charge in [0.15, 0.2) is 11.6 Å². The number of likely N-dealkylation sites (N-methyl/N-ethyl adjacent to an activating group) is 1. The van der Waals surface area contributed by atoms with Crippen molar-refractivity contribution in [1.29, 1.82) is 0 Å². The molecule has 7 nitrogen and oxygen atoms in total. The van der Waals surface area contributed by atoms with E-state index < -0.39 is 12.2 Å². The second-order valence-corrected chi connectivity index (χ2v) is 6.87. The first kappa shape index (κ1) is 16.8. The molecular formula is C18H23FN6O. The molecule has 0 aliphatic carbocycles. The summed E-state index contributed by atoms with van der Waals surface area (Å²) in [4.78, 5) is 16.4. The maximum Gasteiger partial charge on any atom is 0.291 e. The Labute approximate surface area is 151 Å². The minimum absolute atomic E-state index is 0.126. The van der Waals surface area contributed by atoms with Crippen LogP contribution in [0.3, 0.4) is 0 Å². The van der Waals surface area contributed by atoms with Gasteiger partial charge < -0.3 is 25.3 Å². The molecule has 2 aliphatic rings. The number of fused-ring (bicyclic) bond motifs is 1. The molecule has 26 heavy (non-hydrogen) atoms. The van der Waals surface area contributed by atoms with Crippen molar-refractivity contribution < 1.29 is 9.13 Å². The molecule has 3 N–H and O–H groups in total. The zero-order valence-corrected chi connectivity index (χ0v) is 15.0. The standard InChI is InChI=1S/C18H23FN6O/c1-11-9-12-13(21-11)3-4-14(17(12)19)26-18-22-15(20)10-16(23-18)25-7-5-24(2)6-8-25/h3-4,9,18,21H,5-8,10H2,1-2H3,(H2,20,22). The first-order chi connectivity index (χ1) is 12.5. The number of benzene rings is 1. The number of aryl methyl sites for hydroxylation is 1. The summed E-state index contributed by atoms with van der Waals surface area (Å²) in [5.74, 6) is 1.02. The zero-order valence-electron chi connectivity index (χ0n) is 15.0. The molecule has 1 fully saturated rings. The fourth-order valence-electron chi connectivity index (χ4n) is 3.35. The monoisotopic (exact) mass is 358 g/mol. The number of aromatic amines is 1. The van der Waals surface area contributed by atoms with E-state index in [1.54, 1.807) is 18.2 Å². The average molecular weight is 358 g/mol. The molecule has 1 aromatic carbocycles. The molecule has 3 heterocycles. The fraction of sp³-hybridized carbons (Fsp3) is 0.444. The molecule has 0 radical (unpaired) electrons. The van der Waals surface area contributed by atoms with Crippen LogP contribution in [0, 0.1) is 12.7 Å². The Morgan fingerprint density at radius 2 is 2.00 bits per heavy atom. The lowest BCUT2D eigenvalue weighted by molar-refractivity contribution is 0.193. The summed E-state index contributed by atoms with van der Waals surface area (Å²) in [6.07, 6.45) is -0.354. The number of H-pyrrole nitrogens is 1. The number of piperazine rings is 1. The topological polar surface area (TPSA) is 82.2 Å². The first-order valence-electron chi connectivity index (χ1n) is 8.76. The molecule has 1 atom stereocenters. The van der Waals surface area contributed by atoms with Gasteiger partial charge in [-0.3, -0.25) is 0 Å². The summed E-state index contributed by atoms with van der Waals surface area (Å²) >= 11 is 0. The third kappa shape index (κ3) is 3.24. The van der Waals surface area contributed by atoms with E-state index in [9.17, 15) is 4.39 Å². The van der Waals surface area contributed by atoms with Crippen LogP contribution in [-0.2, 0) is 0 Å². The summed E-state index contributed by atoms with van der Waals surface area (Å²) in [5.41, 5.74) is 7.62. The van der Waals surface area contributed by atoms with Crippen LogP contribution >= 0.6 is 0 Å². The molecule has 2 aliphatic heterocycles. The predicted molar refractivity (Wildman–Crippen MR) is 100 cm³/mol. The number of nitrogens with two attached hydrogens (primary N) is 1. The van der Waals surface area contributed by atoms with Gasteiger partial charge in [-0.1, -0.05) is 0 Å². The fourth-order valence-corrected chi connectivity index (χ4v) is 3.35. The molecule has 1 aromatic heterocycles. The van der Waals surface area contributed by atoms with Crippen molar-refractivity contribution in [2.45, 2.75) is 19.7 Å². The van der Waals surface area contributed by atoms with Crippen LogP contribution in [0.25, 0.3) is 10.9 Å². The number of amidine groups is 2. The SMILES string of the molecule is Cc1cc2c(F)c(OC3N=C(N)CC(N4CCN(C)CC4)=N3)ccc2[nH]1. The lowest BCUT2D eigenvalue weighted by Crippen LogP contribution is -2.49. The number of hydrogen-bond donors (Lipinski definition) is 2. The third-order valence-corrected chi connectivity index (χ3v) is 4.81. The lowest BCUT2D eigenvalue weighted by atomic mass is 10.2. The Balaban J connectivity index is 1.56. The normalized spacial score (nSPS) is 21.7. The van der Waals surface area contributed by atoms with Crippen molar-refractivity contribution in [2.75, 3.05) is 33.2 Å². The van der Waals surface area contributed by atoms with Gasteiger partial charge in [-0.15, -0.1) is 0 Å². The summed E-state index contributed by atoms with van der Waals surface area (Å²) < 4.78 is 20.5. The molecule has 0 amide bonds. The minimum Gasteiger partial charge on any atom is -0.446 e. The van der Waals surface area contributed by atoms with Gasteiger partial charge in [-0.05, 0) is 32.2 Å². The molecular weight excluding hydrogens is 335 g/mol. The predicted octanol–water partition coefficient (Wildman–Crippen LogP) is 1.68. The number of ether oxygens (including phenoxy) is 1. The summed E-state index contributed by atoms with van der Waals surface area (Å²) in [5, 5.41) is 0.496. The average Bonchev–Trinajstić information content (AvgIpc) is 2.99. The van der Waals surface area contributed by atoms with Crippen molar-refractivity contribution in [3.8, 4) is 5.75 Å². The van der Waals surface area contributed by atoms with Gasteiger partial charge >= 0.3 is 0 Å². The number of rotatable bonds is 2. The molecule has 1 saturated heterocycles. The molecule has 0 spiro atoms. The second kappa shape index (κ2) is 6.60. The quantitative estimate of drug-likeness (QED) is 0.856. The van der Waals surface area contributed by atoms with Crippen LogP contribution in [-0.4, -0.2) is 66.0 Å². The molecule has 1 unspecified atom stereocenters. The van der Waals surface area contributed by atoms with E-state index in [0.717, 1.165) is 43.2 Å². The highest BCUT2D eigenvalue weighted by Gasteiger charge is 2.24. The van der Waals surface area contributed by atoms with Crippen LogP contribution in [0.2, 0.25) is 0 Å². The molecule has 138 valence electrons. The Morgan fingerprint density at radius 3 is 2.77 bits per heavy atom. The molecule has 0 bridgehead atoms. The van der Waals surface area contributed by atoms with Crippen molar-refractivity contribution in [2.24, 2.45) is 15.7 Å². The first-order valence-corrected chi connectivity index (χ1v) is 8.76. The van der Waals surface area contributed by atoms with Crippen LogP contribution in [0.15, 0.2) is 28.2 Å². The molecule has 2 aromatic rings. The van der Waals surface area contributed by atoms with Crippen molar-refractivity contribution >= 4 is 22.6 Å². The van der Waals surface area contributed by atoms with Crippen LogP contribution in [0.4, 0.5) is 4.39 Å². The number of nitrogens with zero attached hydrogens (tertiary/aromatic N) is 4. The van der Waals surface area contributed by atoms with Gasteiger partial charge in [0.05, 0.1) is 6.42 Å². The Bertz CT molecular complexity index is 881. The number of aromatic nitrogens is 1. The summed E-state index contributed by atoms with van der Waals surface area (Å²) in [7, 11) is 2.10. The highest BCUT2D eigenvalue weighted by molar-refractivity contribution is 6.03. The Kier molecular flexibility index (Phi) is 4.28. The largest absolute Gasteiger partial charge is 0.446 e. The lowest BCUT2D eigenvalue weighted by Gasteiger charge is -2.35. The van der Waals surface area contributed by atoms with Crippen LogP contribution < -0.4 is 10.5 Å². The molecule has 8 heteroatoms. The van der Waals surface area contributed by atoms with Gasteiger partial charge in [-0.25, -0.2) is 14.4 Å². The maximum absolute atomic E-state index is 14.7. The van der Waals surface area contributed by atoms with E-state index in [1.807, 2.05) is 6.92 Å². The van der Waals surface area contributed by atoms with Gasteiger partial charge in [0, 0.05) is 42.8 Å². The highest BCUT2D eigenvalue weighted by atomic mass is 19.1. The Hall–Kier alpha value is -2.61. The summed E-state index contributed by atoms with van der Waals surface area (Å²) in [6, 6.07) is 5.15. The third-order valence-electron chi connectivity index (χ3n) is 4.81. The van der Waals surface area contributed by atoms with E-state index in [-0.39, 0.29) is 5.75 Å². The van der Waals surface area contributed by atoms with Crippen molar-refractivity contribution in [1.82, 2.24) is 14.8 Å². The number of nitrogens with one attached hydrogen (secondary N) is 1. The van der Waals surface area contributed by atoms with E-state index >= 15 is 0 Å². The number of halogens is 1. The van der Waals surface area contributed by atoms with Crippen molar-refractivity contribution in [3.63, 3.8) is 0 Å². The van der Waals surface area contributed by atoms with E-state index in [4.69, 9.17) is 10.5 Å². The van der Waals surface area contributed by atoms with E-state index in [1.165, 1.54) is 0 Å². The number of hydrogen-bond acceptors (Lipinski definition) is 6. The van der Waals surface area contributed by atoms with E-state index in [2.05, 4.69) is 31.8 Å². The van der Waals surface area contributed by atoms with Crippen molar-refractivity contribution in [3.05, 3.63) is 29.7 Å². The van der Waals surface area contributed by atoms with Gasteiger partial charge in [0.25, 0.3) is 6.35 Å².